The van der Waals surface area contributed by atoms with E-state index >= 15 is 8.78 Å². The van der Waals surface area contributed by atoms with Gasteiger partial charge in [0.05, 0.1) is 31.8 Å². The molecule has 3 aliphatic rings. The van der Waals surface area contributed by atoms with E-state index in [2.05, 4.69) is 15.3 Å². The molecular formula is C32H40F2N4O7. The fraction of sp³-hybridized carbons (Fsp3) is 0.594. The van der Waals surface area contributed by atoms with E-state index in [1.54, 1.807) is 52.0 Å². The first-order valence-corrected chi connectivity index (χ1v) is 15.2. The fourth-order valence-electron chi connectivity index (χ4n) is 6.06. The Hall–Kier alpha value is -4.03. The number of benzene rings is 1. The molecule has 2 aromatic rings. The Balaban J connectivity index is 1.62. The normalized spacial score (nSPS) is 28.5. The third-order valence-corrected chi connectivity index (χ3v) is 8.71. The number of alkyl carbamates (subject to hydrolysis) is 1. The molecule has 0 spiro atoms. The van der Waals surface area contributed by atoms with E-state index in [1.807, 2.05) is 0 Å². The number of esters is 1. The highest BCUT2D eigenvalue weighted by atomic mass is 19.3. The first-order chi connectivity index (χ1) is 21.3. The van der Waals surface area contributed by atoms with Crippen LogP contribution in [0.25, 0.3) is 11.0 Å². The van der Waals surface area contributed by atoms with Crippen molar-refractivity contribution >= 4 is 29.0 Å². The summed E-state index contributed by atoms with van der Waals surface area (Å²) in [5.41, 5.74) is -0.913. The molecule has 1 aromatic carbocycles. The molecule has 0 radical (unpaired) electrons. The van der Waals surface area contributed by atoms with Crippen LogP contribution >= 0.6 is 0 Å². The van der Waals surface area contributed by atoms with Crippen LogP contribution in [0.2, 0.25) is 0 Å². The van der Waals surface area contributed by atoms with Gasteiger partial charge in [-0.05, 0) is 36.8 Å². The Kier molecular flexibility index (Phi) is 8.92. The predicted octanol–water partition coefficient (Wildman–Crippen LogP) is 4.77. The van der Waals surface area contributed by atoms with Crippen molar-refractivity contribution in [2.75, 3.05) is 20.8 Å². The number of allylic oxidation sites excluding steroid dienone is 2. The minimum absolute atomic E-state index is 0.0222. The van der Waals surface area contributed by atoms with Gasteiger partial charge in [0.1, 0.15) is 30.0 Å². The van der Waals surface area contributed by atoms with E-state index in [-0.39, 0.29) is 23.5 Å². The third kappa shape index (κ3) is 6.67. The summed E-state index contributed by atoms with van der Waals surface area (Å²) >= 11 is 0. The van der Waals surface area contributed by atoms with Gasteiger partial charge in [-0.3, -0.25) is 4.79 Å². The first kappa shape index (κ1) is 32.4. The summed E-state index contributed by atoms with van der Waals surface area (Å²) < 4.78 is 54.0. The summed E-state index contributed by atoms with van der Waals surface area (Å²) in [5.74, 6) is -5.30. The molecule has 3 heterocycles. The number of amides is 2. The van der Waals surface area contributed by atoms with Crippen molar-refractivity contribution in [2.24, 2.45) is 17.3 Å². The Labute approximate surface area is 260 Å². The molecule has 2 amide bonds. The third-order valence-electron chi connectivity index (χ3n) is 8.71. The molecule has 11 nitrogen and oxygen atoms in total. The summed E-state index contributed by atoms with van der Waals surface area (Å²) in [4.78, 5) is 50.4. The molecule has 1 saturated carbocycles. The van der Waals surface area contributed by atoms with Crippen molar-refractivity contribution in [2.45, 2.75) is 83.6 Å². The number of ether oxygens (including phenoxy) is 4. The lowest BCUT2D eigenvalue weighted by atomic mass is 9.85. The molecule has 2 bridgehead atoms. The quantitative estimate of drug-likeness (QED) is 0.377. The van der Waals surface area contributed by atoms with E-state index in [1.165, 1.54) is 25.2 Å². The molecule has 5 rings (SSSR count). The van der Waals surface area contributed by atoms with Crippen molar-refractivity contribution in [1.82, 2.24) is 20.2 Å². The topological polar surface area (TPSA) is 129 Å². The van der Waals surface area contributed by atoms with E-state index in [0.29, 0.717) is 25.0 Å². The van der Waals surface area contributed by atoms with E-state index in [0.717, 1.165) is 0 Å². The molecule has 2 fully saturated rings. The van der Waals surface area contributed by atoms with Crippen molar-refractivity contribution in [3.05, 3.63) is 36.0 Å². The molecule has 1 aliphatic carbocycles. The molecular weight excluding hydrogens is 590 g/mol. The van der Waals surface area contributed by atoms with E-state index < -0.39 is 77.5 Å². The van der Waals surface area contributed by atoms with Crippen molar-refractivity contribution in [3.8, 4) is 11.6 Å². The molecule has 13 heteroatoms. The number of hydrogen-bond donors (Lipinski definition) is 1. The smallest absolute Gasteiger partial charge is 0.408 e. The van der Waals surface area contributed by atoms with Crippen LogP contribution in [0.4, 0.5) is 13.6 Å². The maximum absolute atomic E-state index is 15.9. The number of nitrogens with one attached hydrogen (secondary N) is 1. The number of methoxy groups -OCH3 is 2. The van der Waals surface area contributed by atoms with Crippen LogP contribution in [0.3, 0.4) is 0 Å². The van der Waals surface area contributed by atoms with Crippen LogP contribution in [0, 0.1) is 17.3 Å². The van der Waals surface area contributed by atoms with Crippen molar-refractivity contribution in [3.63, 3.8) is 0 Å². The summed E-state index contributed by atoms with van der Waals surface area (Å²) in [6, 6.07) is 2.55. The highest BCUT2D eigenvalue weighted by Gasteiger charge is 2.52. The SMILES string of the molecule is CC[C@@H]1[C@@H]2CN(C(=O)[C@H](C(C)(C)C)NC(=O)OC3C[C@H]3CC=CCC(F)(F)c3nc4ccc(OC)cc4nc3O2)[C@@H]1C(=O)OC. The van der Waals surface area contributed by atoms with Crippen molar-refractivity contribution < 1.29 is 42.1 Å². The Morgan fingerprint density at radius 1 is 1.11 bits per heavy atom. The number of carbonyl (C=O) groups is 3. The van der Waals surface area contributed by atoms with Gasteiger partial charge >= 0.3 is 12.1 Å². The first-order valence-electron chi connectivity index (χ1n) is 15.2. The zero-order chi connectivity index (χ0) is 32.7. The van der Waals surface area contributed by atoms with Gasteiger partial charge in [0, 0.05) is 24.3 Å². The molecule has 6 atom stereocenters. The maximum Gasteiger partial charge on any atom is 0.408 e. The van der Waals surface area contributed by atoms with Crippen LogP contribution in [0.15, 0.2) is 30.4 Å². The zero-order valence-corrected chi connectivity index (χ0v) is 26.3. The minimum Gasteiger partial charge on any atom is -0.497 e. The Morgan fingerprint density at radius 3 is 2.53 bits per heavy atom. The monoisotopic (exact) mass is 630 g/mol. The number of hydrogen-bond acceptors (Lipinski definition) is 9. The second-order valence-electron chi connectivity index (χ2n) is 12.9. The average molecular weight is 631 g/mol. The molecule has 2 aliphatic heterocycles. The molecule has 1 unspecified atom stereocenters. The van der Waals surface area contributed by atoms with Gasteiger partial charge in [0.25, 0.3) is 5.92 Å². The van der Waals surface area contributed by atoms with Gasteiger partial charge in [-0.25, -0.2) is 19.6 Å². The van der Waals surface area contributed by atoms with E-state index in [9.17, 15) is 14.4 Å². The number of halogens is 2. The summed E-state index contributed by atoms with van der Waals surface area (Å²) in [6.07, 6.45) is 1.66. The largest absolute Gasteiger partial charge is 0.497 e. The van der Waals surface area contributed by atoms with Crippen LogP contribution in [0.5, 0.6) is 11.6 Å². The number of alkyl halides is 2. The number of nitrogens with zero attached hydrogens (tertiary/aromatic N) is 3. The fourth-order valence-corrected chi connectivity index (χ4v) is 6.06. The highest BCUT2D eigenvalue weighted by Crippen LogP contribution is 2.42. The lowest BCUT2D eigenvalue weighted by molar-refractivity contribution is -0.154. The predicted molar refractivity (Wildman–Crippen MR) is 159 cm³/mol. The second kappa shape index (κ2) is 12.4. The van der Waals surface area contributed by atoms with Gasteiger partial charge in [-0.1, -0.05) is 39.8 Å². The maximum atomic E-state index is 15.9. The van der Waals surface area contributed by atoms with Gasteiger partial charge < -0.3 is 29.2 Å². The molecule has 45 heavy (non-hydrogen) atoms. The van der Waals surface area contributed by atoms with Gasteiger partial charge in [-0.2, -0.15) is 8.78 Å². The number of rotatable bonds is 3. The van der Waals surface area contributed by atoms with Gasteiger partial charge in [-0.15, -0.1) is 0 Å². The minimum atomic E-state index is -3.47. The Morgan fingerprint density at radius 2 is 1.87 bits per heavy atom. The number of carbonyl (C=O) groups excluding carboxylic acids is 3. The lowest BCUT2D eigenvalue weighted by Crippen LogP contribution is -2.57. The number of fused-ring (bicyclic) bond motifs is 5. The zero-order valence-electron chi connectivity index (χ0n) is 26.3. The summed E-state index contributed by atoms with van der Waals surface area (Å²) in [5, 5.41) is 2.72. The van der Waals surface area contributed by atoms with Crippen LogP contribution < -0.4 is 14.8 Å². The molecule has 1 N–H and O–H groups in total. The van der Waals surface area contributed by atoms with Crippen LogP contribution in [-0.4, -0.2) is 77.9 Å². The van der Waals surface area contributed by atoms with Gasteiger partial charge in [0.2, 0.25) is 11.8 Å². The summed E-state index contributed by atoms with van der Waals surface area (Å²) in [7, 11) is 2.69. The van der Waals surface area contributed by atoms with E-state index in [4.69, 9.17) is 18.9 Å². The highest BCUT2D eigenvalue weighted by molar-refractivity contribution is 5.91. The number of aromatic nitrogens is 2. The second-order valence-corrected chi connectivity index (χ2v) is 12.9. The lowest BCUT2D eigenvalue weighted by Gasteiger charge is -2.35. The Bertz CT molecular complexity index is 1490. The summed E-state index contributed by atoms with van der Waals surface area (Å²) in [6.45, 7) is 7.02. The molecule has 1 saturated heterocycles. The standard InChI is InChI=1S/C32H40F2N4O7/c1-7-19-23-16-38(24(19)29(40)43-6)28(39)26(31(2,3)4)37-30(41)45-22-14-17(22)10-8-9-13-32(33,34)25-27(44-23)36-21-15-18(42-5)11-12-20(21)35-25/h8-9,11-12,15,17,19,22-24,26H,7,10,13-14,16H2,1-6H3,(H,37,41)/t17-,19-,22?,23+,24+,26-/m1/s1. The van der Waals surface area contributed by atoms with Gasteiger partial charge in [0.15, 0.2) is 5.69 Å². The molecule has 1 aromatic heterocycles. The van der Waals surface area contributed by atoms with Crippen LogP contribution in [-0.2, 0) is 25.0 Å². The van der Waals surface area contributed by atoms with Crippen molar-refractivity contribution in [1.29, 1.82) is 0 Å². The molecule has 244 valence electrons. The van der Waals surface area contributed by atoms with Crippen LogP contribution in [0.1, 0.15) is 59.1 Å². The average Bonchev–Trinajstić information content (AvgIpc) is 3.62.